The molecule has 2 unspecified atom stereocenters. The average Bonchev–Trinajstić information content (AvgIpc) is 2.65. The number of pyridine rings is 1. The third-order valence-electron chi connectivity index (χ3n) is 4.41. The largest absolute Gasteiger partial charge is 0.479 e. The smallest absolute Gasteiger partial charge is 0.330 e. The van der Waals surface area contributed by atoms with Gasteiger partial charge in [0.1, 0.15) is 5.82 Å². The number of morpholine rings is 1. The van der Waals surface area contributed by atoms with Gasteiger partial charge in [-0.05, 0) is 31.5 Å². The fourth-order valence-corrected chi connectivity index (χ4v) is 3.22. The molecular weight excluding hydrogens is 346 g/mol. The number of nitrogens with one attached hydrogen (secondary N) is 1. The highest BCUT2D eigenvalue weighted by molar-refractivity contribution is 5.96. The lowest BCUT2D eigenvalue weighted by atomic mass is 10.1. The third-order valence-corrected chi connectivity index (χ3v) is 4.41. The van der Waals surface area contributed by atoms with Crippen LogP contribution >= 0.6 is 0 Å². The monoisotopic (exact) mass is 369 g/mol. The topological polar surface area (TPSA) is 91.8 Å². The van der Waals surface area contributed by atoms with Gasteiger partial charge in [0.15, 0.2) is 6.04 Å². The normalized spacial score (nSPS) is 20.7. The van der Waals surface area contributed by atoms with Crippen molar-refractivity contribution in [1.29, 1.82) is 0 Å². The zero-order chi connectivity index (χ0) is 19.4. The highest BCUT2D eigenvalue weighted by Gasteiger charge is 2.25. The summed E-state index contributed by atoms with van der Waals surface area (Å²) in [5, 5.41) is 12.0. The van der Waals surface area contributed by atoms with Crippen LogP contribution < -0.4 is 10.2 Å². The van der Waals surface area contributed by atoms with Crippen LogP contribution in [-0.2, 0) is 9.53 Å². The van der Waals surface area contributed by atoms with Crippen molar-refractivity contribution in [2.75, 3.05) is 18.0 Å². The van der Waals surface area contributed by atoms with Gasteiger partial charge >= 0.3 is 5.97 Å². The van der Waals surface area contributed by atoms with Crippen LogP contribution in [0.15, 0.2) is 48.7 Å². The van der Waals surface area contributed by atoms with Crippen molar-refractivity contribution >= 4 is 17.7 Å². The quantitative estimate of drug-likeness (QED) is 0.840. The SMILES string of the molecule is CC1CN(c2ccc(C(=O)N[C@H](C(=O)O)c3ccccc3)cn2)CC(C)O1. The lowest BCUT2D eigenvalue weighted by Gasteiger charge is -2.36. The molecule has 7 nitrogen and oxygen atoms in total. The summed E-state index contributed by atoms with van der Waals surface area (Å²) >= 11 is 0. The van der Waals surface area contributed by atoms with Gasteiger partial charge in [-0.25, -0.2) is 9.78 Å². The van der Waals surface area contributed by atoms with Gasteiger partial charge in [-0.3, -0.25) is 4.79 Å². The van der Waals surface area contributed by atoms with E-state index >= 15 is 0 Å². The van der Waals surface area contributed by atoms with Crippen molar-refractivity contribution in [3.8, 4) is 0 Å². The van der Waals surface area contributed by atoms with Crippen LogP contribution in [0, 0.1) is 0 Å². The minimum atomic E-state index is -1.12. The van der Waals surface area contributed by atoms with E-state index in [1.54, 1.807) is 42.5 Å². The summed E-state index contributed by atoms with van der Waals surface area (Å²) in [6.45, 7) is 5.50. The Labute approximate surface area is 158 Å². The van der Waals surface area contributed by atoms with Gasteiger partial charge in [-0.2, -0.15) is 0 Å². The van der Waals surface area contributed by atoms with E-state index in [4.69, 9.17) is 4.74 Å². The number of benzene rings is 1. The Morgan fingerprint density at radius 3 is 2.37 bits per heavy atom. The standard InChI is InChI=1S/C20H23N3O4/c1-13-11-23(12-14(2)27-13)17-9-8-16(10-21-17)19(24)22-18(20(25)26)15-6-4-3-5-7-15/h3-10,13-14,18H,11-12H2,1-2H3,(H,22,24)(H,25,26)/t13?,14?,18-/m0/s1. The summed E-state index contributed by atoms with van der Waals surface area (Å²) in [5.41, 5.74) is 0.828. The van der Waals surface area contributed by atoms with Crippen molar-refractivity contribution in [2.45, 2.75) is 32.1 Å². The first-order valence-electron chi connectivity index (χ1n) is 8.89. The molecule has 1 aromatic carbocycles. The minimum absolute atomic E-state index is 0.112. The summed E-state index contributed by atoms with van der Waals surface area (Å²) in [5.74, 6) is -0.823. The number of ether oxygens (including phenoxy) is 1. The summed E-state index contributed by atoms with van der Waals surface area (Å²) < 4.78 is 5.72. The first kappa shape index (κ1) is 18.8. The maximum absolute atomic E-state index is 12.5. The predicted octanol–water partition coefficient (Wildman–Crippen LogP) is 2.25. The molecule has 2 N–H and O–H groups in total. The molecule has 0 aliphatic carbocycles. The van der Waals surface area contributed by atoms with E-state index in [0.29, 0.717) is 11.1 Å². The number of carboxylic acids is 1. The van der Waals surface area contributed by atoms with Gasteiger partial charge in [-0.15, -0.1) is 0 Å². The molecule has 2 aromatic rings. The predicted molar refractivity (Wildman–Crippen MR) is 101 cm³/mol. The van der Waals surface area contributed by atoms with Crippen LogP contribution in [-0.4, -0.2) is 47.3 Å². The summed E-state index contributed by atoms with van der Waals surface area (Å²) in [6, 6.07) is 10.9. The number of anilines is 1. The molecule has 3 rings (SSSR count). The molecule has 0 spiro atoms. The molecule has 1 saturated heterocycles. The summed E-state index contributed by atoms with van der Waals surface area (Å²) in [7, 11) is 0. The molecular formula is C20H23N3O4. The number of hydrogen-bond acceptors (Lipinski definition) is 5. The molecule has 142 valence electrons. The molecule has 2 heterocycles. The molecule has 1 amide bonds. The number of hydrogen-bond donors (Lipinski definition) is 2. The Hall–Kier alpha value is -2.93. The number of amides is 1. The van der Waals surface area contributed by atoms with Gasteiger partial charge in [0.2, 0.25) is 0 Å². The second-order valence-electron chi connectivity index (χ2n) is 6.72. The molecule has 0 saturated carbocycles. The van der Waals surface area contributed by atoms with Gasteiger partial charge in [0.05, 0.1) is 17.8 Å². The number of rotatable bonds is 5. The Balaban J connectivity index is 1.71. The molecule has 7 heteroatoms. The second kappa shape index (κ2) is 8.18. The molecule has 1 aromatic heterocycles. The maximum Gasteiger partial charge on any atom is 0.330 e. The van der Waals surface area contributed by atoms with E-state index < -0.39 is 17.9 Å². The molecule has 3 atom stereocenters. The van der Waals surface area contributed by atoms with E-state index in [1.165, 1.54) is 6.20 Å². The van der Waals surface area contributed by atoms with Crippen molar-refractivity contribution in [2.24, 2.45) is 0 Å². The van der Waals surface area contributed by atoms with Crippen molar-refractivity contribution in [1.82, 2.24) is 10.3 Å². The first-order valence-corrected chi connectivity index (χ1v) is 8.89. The Morgan fingerprint density at radius 1 is 1.15 bits per heavy atom. The van der Waals surface area contributed by atoms with Crippen molar-refractivity contribution in [3.63, 3.8) is 0 Å². The van der Waals surface area contributed by atoms with E-state index in [2.05, 4.69) is 15.2 Å². The number of carbonyl (C=O) groups is 2. The van der Waals surface area contributed by atoms with Crippen LogP contribution in [0.2, 0.25) is 0 Å². The maximum atomic E-state index is 12.5. The van der Waals surface area contributed by atoms with Gasteiger partial charge in [0.25, 0.3) is 5.91 Å². The lowest BCUT2D eigenvalue weighted by molar-refractivity contribution is -0.139. The zero-order valence-corrected chi connectivity index (χ0v) is 15.3. The Kier molecular flexibility index (Phi) is 5.71. The van der Waals surface area contributed by atoms with E-state index in [1.807, 2.05) is 13.8 Å². The van der Waals surface area contributed by atoms with Crippen LogP contribution in [0.25, 0.3) is 0 Å². The number of carbonyl (C=O) groups excluding carboxylic acids is 1. The number of nitrogens with zero attached hydrogens (tertiary/aromatic N) is 2. The number of aromatic nitrogens is 1. The van der Waals surface area contributed by atoms with Gasteiger partial charge < -0.3 is 20.1 Å². The van der Waals surface area contributed by atoms with E-state index in [0.717, 1.165) is 18.9 Å². The Bertz CT molecular complexity index is 785. The molecule has 27 heavy (non-hydrogen) atoms. The molecule has 0 bridgehead atoms. The van der Waals surface area contributed by atoms with Crippen molar-refractivity contribution in [3.05, 3.63) is 59.8 Å². The molecule has 1 aliphatic heterocycles. The Morgan fingerprint density at radius 2 is 1.81 bits per heavy atom. The van der Waals surface area contributed by atoms with E-state index in [-0.39, 0.29) is 12.2 Å². The first-order chi connectivity index (χ1) is 12.9. The van der Waals surface area contributed by atoms with E-state index in [9.17, 15) is 14.7 Å². The van der Waals surface area contributed by atoms with Crippen LogP contribution in [0.1, 0.15) is 35.8 Å². The number of carboxylic acid groups (broad SMARTS) is 1. The molecule has 0 radical (unpaired) electrons. The third kappa shape index (κ3) is 4.62. The zero-order valence-electron chi connectivity index (χ0n) is 15.3. The lowest BCUT2D eigenvalue weighted by Crippen LogP contribution is -2.45. The fourth-order valence-electron chi connectivity index (χ4n) is 3.22. The van der Waals surface area contributed by atoms with Crippen LogP contribution in [0.3, 0.4) is 0 Å². The minimum Gasteiger partial charge on any atom is -0.479 e. The van der Waals surface area contributed by atoms with Gasteiger partial charge in [-0.1, -0.05) is 30.3 Å². The van der Waals surface area contributed by atoms with Crippen LogP contribution in [0.4, 0.5) is 5.82 Å². The number of aliphatic carboxylic acids is 1. The molecule has 1 aliphatic rings. The second-order valence-corrected chi connectivity index (χ2v) is 6.72. The van der Waals surface area contributed by atoms with Crippen molar-refractivity contribution < 1.29 is 19.4 Å². The summed E-state index contributed by atoms with van der Waals surface area (Å²) in [6.07, 6.45) is 1.70. The fraction of sp³-hybridized carbons (Fsp3) is 0.350. The van der Waals surface area contributed by atoms with Gasteiger partial charge in [0, 0.05) is 19.3 Å². The average molecular weight is 369 g/mol. The highest BCUT2D eigenvalue weighted by atomic mass is 16.5. The molecule has 1 fully saturated rings. The summed E-state index contributed by atoms with van der Waals surface area (Å²) in [4.78, 5) is 30.5. The van der Waals surface area contributed by atoms with Crippen LogP contribution in [0.5, 0.6) is 0 Å². The highest BCUT2D eigenvalue weighted by Crippen LogP contribution is 2.19.